The van der Waals surface area contributed by atoms with E-state index in [0.29, 0.717) is 0 Å². The summed E-state index contributed by atoms with van der Waals surface area (Å²) in [7, 11) is 0. The van der Waals surface area contributed by atoms with Gasteiger partial charge in [-0.05, 0) is 130 Å². The molecule has 0 nitrogen and oxygen atoms in total. The highest BCUT2D eigenvalue weighted by atomic mass is 32.1. The normalized spacial score (nSPS) is 14.3. The highest BCUT2D eigenvalue weighted by Gasteiger charge is 2.26. The van der Waals surface area contributed by atoms with Gasteiger partial charge in [-0.3, -0.25) is 0 Å². The monoisotopic (exact) mass is 658 g/mol. The molecule has 1 aliphatic carbocycles. The molecule has 0 unspecified atom stereocenters. The first-order valence-electron chi connectivity index (χ1n) is 16.9. The summed E-state index contributed by atoms with van der Waals surface area (Å²) in [6, 6.07) is 18.6. The van der Waals surface area contributed by atoms with Crippen molar-refractivity contribution in [2.24, 2.45) is 0 Å². The fourth-order valence-corrected chi connectivity index (χ4v) is 8.65. The van der Waals surface area contributed by atoms with Crippen LogP contribution in [0.4, 0.5) is 0 Å². The molecule has 2 heterocycles. The Morgan fingerprint density at radius 1 is 0.511 bits per heavy atom. The second-order valence-corrected chi connectivity index (χ2v) is 19.3. The van der Waals surface area contributed by atoms with Crippen LogP contribution in [-0.4, -0.2) is 0 Å². The topological polar surface area (TPSA) is 0 Å². The summed E-state index contributed by atoms with van der Waals surface area (Å²) in [5.74, 6) is 0. The van der Waals surface area contributed by atoms with E-state index in [1.807, 2.05) is 22.7 Å². The van der Waals surface area contributed by atoms with Gasteiger partial charge in [0.2, 0.25) is 0 Å². The molecule has 5 rings (SSSR count). The Balaban J connectivity index is 1.79. The first-order chi connectivity index (χ1) is 21.7. The van der Waals surface area contributed by atoms with Crippen LogP contribution in [0.25, 0.3) is 24.3 Å². The second kappa shape index (κ2) is 12.4. The molecule has 2 aromatic heterocycles. The molecule has 0 fully saturated rings. The Morgan fingerprint density at radius 2 is 0.809 bits per heavy atom. The Labute approximate surface area is 292 Å². The largest absolute Gasteiger partial charge is 0.144 e. The van der Waals surface area contributed by atoms with Gasteiger partial charge in [0, 0.05) is 20.9 Å². The van der Waals surface area contributed by atoms with Gasteiger partial charge in [-0.25, -0.2) is 0 Å². The Bertz CT molecular complexity index is 1850. The van der Waals surface area contributed by atoms with Crippen molar-refractivity contribution in [3.8, 4) is 0 Å². The molecule has 0 amide bonds. The molecule has 246 valence electrons. The molecule has 4 aromatic rings. The molecule has 2 aromatic carbocycles. The lowest BCUT2D eigenvalue weighted by atomic mass is 9.77. The minimum atomic E-state index is -0.0168. The molecule has 0 N–H and O–H groups in total. The lowest BCUT2D eigenvalue weighted by Crippen LogP contribution is -2.33. The highest BCUT2D eigenvalue weighted by molar-refractivity contribution is 7.11. The molecule has 0 radical (unpaired) electrons. The van der Waals surface area contributed by atoms with Crippen LogP contribution in [0.1, 0.15) is 122 Å². The third-order valence-electron chi connectivity index (χ3n) is 9.35. The molecule has 0 saturated heterocycles. The molecule has 0 atom stereocenters. The third kappa shape index (κ3) is 7.15. The van der Waals surface area contributed by atoms with Crippen LogP contribution in [0.5, 0.6) is 0 Å². The van der Waals surface area contributed by atoms with Crippen LogP contribution >= 0.6 is 22.7 Å². The maximum atomic E-state index is 4.63. The van der Waals surface area contributed by atoms with Gasteiger partial charge >= 0.3 is 0 Å². The Morgan fingerprint density at radius 3 is 1.04 bits per heavy atom. The number of benzene rings is 2. The van der Waals surface area contributed by atoms with Crippen LogP contribution in [0, 0.1) is 0 Å². The van der Waals surface area contributed by atoms with Gasteiger partial charge < -0.3 is 0 Å². The zero-order chi connectivity index (χ0) is 34.7. The molecule has 0 saturated carbocycles. The molecular formula is C45H54S2. The second-order valence-electron chi connectivity index (χ2n) is 17.4. The maximum absolute atomic E-state index is 4.63. The van der Waals surface area contributed by atoms with Gasteiger partial charge in [0.05, 0.1) is 0 Å². The predicted molar refractivity (Wildman–Crippen MR) is 212 cm³/mol. The van der Waals surface area contributed by atoms with E-state index in [9.17, 15) is 0 Å². The average Bonchev–Trinajstić information content (AvgIpc) is 3.72. The zero-order valence-corrected chi connectivity index (χ0v) is 32.5. The quantitative estimate of drug-likeness (QED) is 0.205. The van der Waals surface area contributed by atoms with Crippen molar-refractivity contribution in [3.63, 3.8) is 0 Å². The lowest BCUT2D eigenvalue weighted by Gasteiger charge is -2.27. The fraction of sp³-hybridized carbons (Fsp3) is 0.378. The van der Waals surface area contributed by atoms with E-state index in [0.717, 1.165) is 6.42 Å². The Hall–Kier alpha value is -3.20. The number of hydrogen-bond acceptors (Lipinski definition) is 2. The standard InChI is InChI=1S/C45H54S2/c1-28-34(42(3,4)5)24-32(25-35(28)43(6,7)8)40(38-17-15-21-46-38)30-19-20-31(23-30)41(39-18-16-22-47-39)33-26-36(44(9,10)11)29(2)37(27-33)45(12,13)14/h15-22,24-27H,1-2,23H2,3-14H3. The summed E-state index contributed by atoms with van der Waals surface area (Å²) in [6.07, 6.45) is 5.65. The fourth-order valence-electron chi connectivity index (χ4n) is 6.99. The van der Waals surface area contributed by atoms with Crippen molar-refractivity contribution in [1.29, 1.82) is 0 Å². The molecule has 0 aliphatic heterocycles. The van der Waals surface area contributed by atoms with Gasteiger partial charge in [0.15, 0.2) is 0 Å². The molecule has 0 spiro atoms. The van der Waals surface area contributed by atoms with Gasteiger partial charge in [-0.1, -0.05) is 121 Å². The van der Waals surface area contributed by atoms with Crippen LogP contribution in [0.15, 0.2) is 82.6 Å². The molecule has 47 heavy (non-hydrogen) atoms. The number of rotatable bonds is 4. The van der Waals surface area contributed by atoms with Crippen molar-refractivity contribution in [3.05, 3.63) is 135 Å². The predicted octanol–water partition coefficient (Wildman–Crippen LogP) is 10.2. The third-order valence-corrected chi connectivity index (χ3v) is 11.1. The van der Waals surface area contributed by atoms with Gasteiger partial charge in [-0.15, -0.1) is 22.7 Å². The summed E-state index contributed by atoms with van der Waals surface area (Å²) in [6.45, 7) is 37.0. The highest BCUT2D eigenvalue weighted by Crippen LogP contribution is 2.39. The zero-order valence-electron chi connectivity index (χ0n) is 30.9. The van der Waals surface area contributed by atoms with E-state index >= 15 is 0 Å². The van der Waals surface area contributed by atoms with E-state index in [1.165, 1.54) is 75.2 Å². The van der Waals surface area contributed by atoms with E-state index in [-0.39, 0.29) is 21.7 Å². The van der Waals surface area contributed by atoms with Crippen molar-refractivity contribution in [2.45, 2.75) is 111 Å². The smallest absolute Gasteiger partial charge is 0.0351 e. The van der Waals surface area contributed by atoms with Crippen molar-refractivity contribution < 1.29 is 0 Å². The molecule has 0 bridgehead atoms. The lowest BCUT2D eigenvalue weighted by molar-refractivity contribution is 0.560. The number of allylic oxidation sites excluding steroid dienone is 4. The summed E-state index contributed by atoms with van der Waals surface area (Å²) < 4.78 is 0. The Kier molecular flexibility index (Phi) is 9.23. The van der Waals surface area contributed by atoms with E-state index in [2.05, 4.69) is 168 Å². The molecular weight excluding hydrogens is 605 g/mol. The van der Waals surface area contributed by atoms with Crippen molar-refractivity contribution in [2.75, 3.05) is 0 Å². The van der Waals surface area contributed by atoms with Crippen molar-refractivity contribution >= 4 is 47.0 Å². The van der Waals surface area contributed by atoms with Crippen LogP contribution in [-0.2, 0) is 21.7 Å². The van der Waals surface area contributed by atoms with Crippen LogP contribution < -0.4 is 20.9 Å². The van der Waals surface area contributed by atoms with E-state index in [4.69, 9.17) is 0 Å². The molecule has 2 heteroatoms. The maximum Gasteiger partial charge on any atom is 0.0351 e. The summed E-state index contributed by atoms with van der Waals surface area (Å²) in [5, 5.41) is 9.33. The minimum absolute atomic E-state index is 0.0168. The van der Waals surface area contributed by atoms with Gasteiger partial charge in [0.1, 0.15) is 0 Å². The number of thiophene rings is 2. The molecule has 1 aliphatic rings. The SMILES string of the molecule is C=c1c(C(C)(C)C)cc(=C(C2=CC=C(C(c3cccs3)=c3cc(C(C)(C)C)c(=C)c(C(C)(C)C)c3)C2)c2cccs2)cc1C(C)(C)C. The summed E-state index contributed by atoms with van der Waals surface area (Å²) in [5.41, 5.74) is 10.6. The minimum Gasteiger partial charge on any atom is -0.144 e. The van der Waals surface area contributed by atoms with Crippen LogP contribution in [0.2, 0.25) is 0 Å². The summed E-state index contributed by atoms with van der Waals surface area (Å²) in [4.78, 5) is 2.62. The van der Waals surface area contributed by atoms with Gasteiger partial charge in [0.25, 0.3) is 0 Å². The number of hydrogen-bond donors (Lipinski definition) is 0. The average molecular weight is 659 g/mol. The van der Waals surface area contributed by atoms with Crippen molar-refractivity contribution in [1.82, 2.24) is 0 Å². The van der Waals surface area contributed by atoms with Gasteiger partial charge in [-0.2, -0.15) is 0 Å². The first kappa shape index (κ1) is 35.1. The first-order valence-corrected chi connectivity index (χ1v) is 18.7. The van der Waals surface area contributed by atoms with Crippen LogP contribution in [0.3, 0.4) is 0 Å². The van der Waals surface area contributed by atoms with E-state index < -0.39 is 0 Å². The summed E-state index contributed by atoms with van der Waals surface area (Å²) >= 11 is 3.66. The van der Waals surface area contributed by atoms with E-state index in [1.54, 1.807) is 0 Å².